The van der Waals surface area contributed by atoms with Crippen LogP contribution < -0.4 is 10.5 Å². The SMILES string of the molecule is CCOCc1ccc(OC2OC(CO)C(O)C(O)C2O)c(N)c1. The van der Waals surface area contributed by atoms with Gasteiger partial charge in [-0.25, -0.2) is 0 Å². The van der Waals surface area contributed by atoms with Gasteiger partial charge in [0.25, 0.3) is 0 Å². The average Bonchev–Trinajstić information content (AvgIpc) is 2.55. The quantitative estimate of drug-likeness (QED) is 0.419. The summed E-state index contributed by atoms with van der Waals surface area (Å²) in [6.07, 6.45) is -6.69. The van der Waals surface area contributed by atoms with Gasteiger partial charge in [-0.1, -0.05) is 6.07 Å². The number of rotatable bonds is 6. The monoisotopic (exact) mass is 329 g/mol. The van der Waals surface area contributed by atoms with E-state index < -0.39 is 37.3 Å². The minimum atomic E-state index is -1.50. The van der Waals surface area contributed by atoms with Gasteiger partial charge in [-0.05, 0) is 24.6 Å². The first-order valence-electron chi connectivity index (χ1n) is 7.41. The van der Waals surface area contributed by atoms with Crippen molar-refractivity contribution in [1.29, 1.82) is 0 Å². The van der Waals surface area contributed by atoms with Gasteiger partial charge in [0, 0.05) is 6.61 Å². The van der Waals surface area contributed by atoms with Crippen LogP contribution in [0.2, 0.25) is 0 Å². The number of aliphatic hydroxyl groups excluding tert-OH is 4. The molecule has 1 heterocycles. The van der Waals surface area contributed by atoms with E-state index in [0.29, 0.717) is 18.9 Å². The van der Waals surface area contributed by atoms with Crippen LogP contribution in [0.4, 0.5) is 5.69 Å². The Labute approximate surface area is 134 Å². The highest BCUT2D eigenvalue weighted by atomic mass is 16.7. The summed E-state index contributed by atoms with van der Waals surface area (Å²) in [6, 6.07) is 5.03. The fourth-order valence-electron chi connectivity index (χ4n) is 2.30. The fraction of sp³-hybridized carbons (Fsp3) is 0.600. The molecule has 0 radical (unpaired) electrons. The molecule has 1 aromatic rings. The Kier molecular flexibility index (Phi) is 6.17. The molecule has 1 aliphatic heterocycles. The molecule has 0 aliphatic carbocycles. The molecule has 0 saturated carbocycles. The van der Waals surface area contributed by atoms with Gasteiger partial charge in [-0.2, -0.15) is 0 Å². The minimum absolute atomic E-state index is 0.259. The molecule has 0 amide bonds. The van der Waals surface area contributed by atoms with E-state index in [2.05, 4.69) is 0 Å². The summed E-state index contributed by atoms with van der Waals surface area (Å²) in [5, 5.41) is 38.6. The second-order valence-corrected chi connectivity index (χ2v) is 5.32. The van der Waals surface area contributed by atoms with E-state index in [-0.39, 0.29) is 5.75 Å². The van der Waals surface area contributed by atoms with Gasteiger partial charge >= 0.3 is 0 Å². The summed E-state index contributed by atoms with van der Waals surface area (Å²) < 4.78 is 16.0. The zero-order chi connectivity index (χ0) is 17.0. The first-order valence-corrected chi connectivity index (χ1v) is 7.41. The highest BCUT2D eigenvalue weighted by Crippen LogP contribution is 2.28. The Bertz CT molecular complexity index is 511. The normalized spacial score (nSPS) is 31.1. The number of nitrogen functional groups attached to an aromatic ring is 1. The van der Waals surface area contributed by atoms with Gasteiger partial charge in [-0.3, -0.25) is 0 Å². The van der Waals surface area contributed by atoms with Gasteiger partial charge in [0.15, 0.2) is 0 Å². The molecule has 0 bridgehead atoms. The Morgan fingerprint density at radius 1 is 1.17 bits per heavy atom. The molecule has 23 heavy (non-hydrogen) atoms. The summed E-state index contributed by atoms with van der Waals surface area (Å²) in [5.74, 6) is 0.259. The van der Waals surface area contributed by atoms with Gasteiger partial charge in [0.2, 0.25) is 6.29 Å². The third-order valence-corrected chi connectivity index (χ3v) is 3.64. The third kappa shape index (κ3) is 4.11. The standard InChI is InChI=1S/C15H23NO7/c1-2-21-7-8-3-4-10(9(16)5-8)22-15-14(20)13(19)12(18)11(6-17)23-15/h3-5,11-15,17-20H,2,6-7,16H2,1H3. The Hall–Kier alpha value is -1.42. The van der Waals surface area contributed by atoms with Crippen LogP contribution in [0.3, 0.4) is 0 Å². The molecule has 5 atom stereocenters. The van der Waals surface area contributed by atoms with Gasteiger partial charge in [0.05, 0.1) is 18.9 Å². The smallest absolute Gasteiger partial charge is 0.229 e. The average molecular weight is 329 g/mol. The Morgan fingerprint density at radius 2 is 1.91 bits per heavy atom. The van der Waals surface area contributed by atoms with E-state index in [1.807, 2.05) is 6.92 Å². The van der Waals surface area contributed by atoms with Crippen LogP contribution in [0.15, 0.2) is 18.2 Å². The predicted octanol–water partition coefficient (Wildman–Crippen LogP) is -1.02. The highest BCUT2D eigenvalue weighted by molar-refractivity contribution is 5.54. The van der Waals surface area contributed by atoms with Gasteiger partial charge in [0.1, 0.15) is 30.2 Å². The molecule has 6 N–H and O–H groups in total. The van der Waals surface area contributed by atoms with Crippen molar-refractivity contribution in [2.45, 2.75) is 44.2 Å². The van der Waals surface area contributed by atoms with E-state index in [9.17, 15) is 15.3 Å². The summed E-state index contributed by atoms with van der Waals surface area (Å²) in [5.41, 5.74) is 7.09. The zero-order valence-corrected chi connectivity index (χ0v) is 12.8. The minimum Gasteiger partial charge on any atom is -0.460 e. The van der Waals surface area contributed by atoms with E-state index in [1.165, 1.54) is 0 Å². The molecule has 130 valence electrons. The Balaban J connectivity index is 2.08. The van der Waals surface area contributed by atoms with E-state index in [0.717, 1.165) is 5.56 Å². The molecule has 0 spiro atoms. The second-order valence-electron chi connectivity index (χ2n) is 5.32. The Morgan fingerprint density at radius 3 is 2.52 bits per heavy atom. The van der Waals surface area contributed by atoms with Crippen molar-refractivity contribution in [1.82, 2.24) is 0 Å². The maximum absolute atomic E-state index is 9.94. The topological polar surface area (TPSA) is 135 Å². The lowest BCUT2D eigenvalue weighted by molar-refractivity contribution is -0.277. The first kappa shape index (κ1) is 17.9. The zero-order valence-electron chi connectivity index (χ0n) is 12.8. The molecular weight excluding hydrogens is 306 g/mol. The summed E-state index contributed by atoms with van der Waals surface area (Å²) in [4.78, 5) is 0. The first-order chi connectivity index (χ1) is 11.0. The molecule has 1 saturated heterocycles. The largest absolute Gasteiger partial charge is 0.460 e. The number of hydrogen-bond donors (Lipinski definition) is 5. The summed E-state index contributed by atoms with van der Waals surface area (Å²) >= 11 is 0. The van der Waals surface area contributed by atoms with E-state index >= 15 is 0 Å². The van der Waals surface area contributed by atoms with Crippen LogP contribution in [0.1, 0.15) is 12.5 Å². The lowest BCUT2D eigenvalue weighted by atomic mass is 9.99. The molecule has 1 fully saturated rings. The van der Waals surface area contributed by atoms with Crippen molar-refractivity contribution >= 4 is 5.69 Å². The highest BCUT2D eigenvalue weighted by Gasteiger charge is 2.44. The van der Waals surface area contributed by atoms with Crippen molar-refractivity contribution in [3.8, 4) is 5.75 Å². The lowest BCUT2D eigenvalue weighted by Crippen LogP contribution is -2.60. The maximum Gasteiger partial charge on any atom is 0.229 e. The molecule has 0 aromatic heterocycles. The number of anilines is 1. The van der Waals surface area contributed by atoms with Crippen LogP contribution in [0, 0.1) is 0 Å². The van der Waals surface area contributed by atoms with Crippen molar-refractivity contribution in [3.05, 3.63) is 23.8 Å². The number of benzene rings is 1. The van der Waals surface area contributed by atoms with Gasteiger partial charge < -0.3 is 40.4 Å². The van der Waals surface area contributed by atoms with E-state index in [1.54, 1.807) is 18.2 Å². The lowest BCUT2D eigenvalue weighted by Gasteiger charge is -2.39. The maximum atomic E-state index is 9.94. The number of ether oxygens (including phenoxy) is 3. The van der Waals surface area contributed by atoms with Crippen LogP contribution in [0.25, 0.3) is 0 Å². The van der Waals surface area contributed by atoms with E-state index in [4.69, 9.17) is 25.1 Å². The molecular formula is C15H23NO7. The van der Waals surface area contributed by atoms with Crippen LogP contribution in [-0.4, -0.2) is 64.3 Å². The van der Waals surface area contributed by atoms with Gasteiger partial charge in [-0.15, -0.1) is 0 Å². The van der Waals surface area contributed by atoms with Crippen LogP contribution >= 0.6 is 0 Å². The third-order valence-electron chi connectivity index (χ3n) is 3.64. The molecule has 8 heteroatoms. The number of nitrogens with two attached hydrogens (primary N) is 1. The van der Waals surface area contributed by atoms with Crippen molar-refractivity contribution in [2.24, 2.45) is 0 Å². The molecule has 8 nitrogen and oxygen atoms in total. The van der Waals surface area contributed by atoms with Crippen molar-refractivity contribution in [3.63, 3.8) is 0 Å². The molecule has 1 aliphatic rings. The van der Waals surface area contributed by atoms with Crippen molar-refractivity contribution in [2.75, 3.05) is 18.9 Å². The second kappa shape index (κ2) is 7.91. The molecule has 5 unspecified atom stereocenters. The summed E-state index contributed by atoms with van der Waals surface area (Å²) in [7, 11) is 0. The van der Waals surface area contributed by atoms with Crippen LogP contribution in [0.5, 0.6) is 5.75 Å². The number of hydrogen-bond acceptors (Lipinski definition) is 8. The number of aliphatic hydroxyl groups is 4. The molecule has 1 aromatic carbocycles. The predicted molar refractivity (Wildman–Crippen MR) is 80.6 cm³/mol. The fourth-order valence-corrected chi connectivity index (χ4v) is 2.30. The molecule has 2 rings (SSSR count). The van der Waals surface area contributed by atoms with Crippen molar-refractivity contribution < 1.29 is 34.6 Å². The van der Waals surface area contributed by atoms with Crippen LogP contribution in [-0.2, 0) is 16.1 Å². The summed E-state index contributed by atoms with van der Waals surface area (Å²) in [6.45, 7) is 2.37.